The number of aryl methyl sites for hydroxylation is 1. The monoisotopic (exact) mass is 480 g/mol. The fraction of sp³-hybridized carbons (Fsp3) is 0.435. The van der Waals surface area contributed by atoms with Crippen molar-refractivity contribution in [1.29, 1.82) is 0 Å². The average molecular weight is 481 g/mol. The van der Waals surface area contributed by atoms with E-state index in [0.717, 1.165) is 15.6 Å². The first-order chi connectivity index (χ1) is 14.9. The summed E-state index contributed by atoms with van der Waals surface area (Å²) in [6.45, 7) is 2.03. The summed E-state index contributed by atoms with van der Waals surface area (Å²) in [7, 11) is -3.93. The van der Waals surface area contributed by atoms with Gasteiger partial charge in [0.25, 0.3) is 10.0 Å². The SMILES string of the molecule is Cc1ccc(Cl)cc1N(CC(=O)NCCSC1CCCCC1)S(=O)(=O)c1ccccc1. The molecule has 8 heteroatoms. The van der Waals surface area contributed by atoms with Gasteiger partial charge in [0.1, 0.15) is 6.54 Å². The second kappa shape index (κ2) is 11.2. The highest BCUT2D eigenvalue weighted by atomic mass is 35.5. The van der Waals surface area contributed by atoms with Gasteiger partial charge in [-0.25, -0.2) is 8.42 Å². The molecule has 31 heavy (non-hydrogen) atoms. The van der Waals surface area contributed by atoms with E-state index in [9.17, 15) is 13.2 Å². The van der Waals surface area contributed by atoms with E-state index in [1.165, 1.54) is 44.2 Å². The summed E-state index contributed by atoms with van der Waals surface area (Å²) >= 11 is 8.04. The number of amides is 1. The Bertz CT molecular complexity index is 978. The van der Waals surface area contributed by atoms with E-state index < -0.39 is 10.0 Å². The second-order valence-corrected chi connectivity index (χ2v) is 11.4. The lowest BCUT2D eigenvalue weighted by Gasteiger charge is -2.26. The minimum atomic E-state index is -3.93. The molecular weight excluding hydrogens is 452 g/mol. The smallest absolute Gasteiger partial charge is 0.264 e. The Morgan fingerprint density at radius 2 is 1.84 bits per heavy atom. The molecule has 0 unspecified atom stereocenters. The van der Waals surface area contributed by atoms with E-state index in [2.05, 4.69) is 5.32 Å². The van der Waals surface area contributed by atoms with E-state index in [-0.39, 0.29) is 17.3 Å². The van der Waals surface area contributed by atoms with Crippen molar-refractivity contribution >= 4 is 45.0 Å². The van der Waals surface area contributed by atoms with Crippen LogP contribution in [-0.4, -0.2) is 38.4 Å². The molecule has 0 radical (unpaired) electrons. The Morgan fingerprint density at radius 1 is 1.13 bits per heavy atom. The van der Waals surface area contributed by atoms with Gasteiger partial charge in [-0.05, 0) is 49.6 Å². The van der Waals surface area contributed by atoms with Gasteiger partial charge in [0.15, 0.2) is 0 Å². The summed E-state index contributed by atoms with van der Waals surface area (Å²) in [5, 5.41) is 3.97. The molecule has 168 valence electrons. The number of carbonyl (C=O) groups excluding carboxylic acids is 1. The Hall–Kier alpha value is -1.70. The average Bonchev–Trinajstić information content (AvgIpc) is 2.78. The van der Waals surface area contributed by atoms with Crippen LogP contribution in [0.3, 0.4) is 0 Å². The fourth-order valence-corrected chi connectivity index (χ4v) is 6.59. The highest BCUT2D eigenvalue weighted by Gasteiger charge is 2.28. The molecule has 0 aliphatic heterocycles. The Balaban J connectivity index is 1.71. The van der Waals surface area contributed by atoms with Crippen LogP contribution in [0.2, 0.25) is 5.02 Å². The lowest BCUT2D eigenvalue weighted by Crippen LogP contribution is -2.41. The molecule has 1 aliphatic rings. The largest absolute Gasteiger partial charge is 0.354 e. The zero-order valence-corrected chi connectivity index (χ0v) is 20.1. The number of halogens is 1. The van der Waals surface area contributed by atoms with Crippen LogP contribution in [-0.2, 0) is 14.8 Å². The maximum atomic E-state index is 13.4. The number of nitrogens with one attached hydrogen (secondary N) is 1. The zero-order chi connectivity index (χ0) is 22.3. The van der Waals surface area contributed by atoms with Crippen molar-refractivity contribution < 1.29 is 13.2 Å². The molecule has 1 fully saturated rings. The summed E-state index contributed by atoms with van der Waals surface area (Å²) < 4.78 is 27.9. The van der Waals surface area contributed by atoms with E-state index in [1.54, 1.807) is 43.3 Å². The van der Waals surface area contributed by atoms with Crippen LogP contribution in [0.5, 0.6) is 0 Å². The number of carbonyl (C=O) groups is 1. The number of anilines is 1. The maximum Gasteiger partial charge on any atom is 0.264 e. The van der Waals surface area contributed by atoms with Crippen LogP contribution in [0.25, 0.3) is 0 Å². The second-order valence-electron chi connectivity index (χ2n) is 7.74. The first kappa shape index (κ1) is 24.0. The highest BCUT2D eigenvalue weighted by molar-refractivity contribution is 7.99. The quantitative estimate of drug-likeness (QED) is 0.511. The first-order valence-corrected chi connectivity index (χ1v) is 13.5. The predicted molar refractivity (Wildman–Crippen MR) is 130 cm³/mol. The Labute approximate surface area is 194 Å². The molecule has 0 heterocycles. The van der Waals surface area contributed by atoms with Crippen LogP contribution in [0.15, 0.2) is 53.4 Å². The summed E-state index contributed by atoms with van der Waals surface area (Å²) in [4.78, 5) is 12.8. The number of benzene rings is 2. The molecule has 0 saturated heterocycles. The van der Waals surface area contributed by atoms with Gasteiger partial charge >= 0.3 is 0 Å². The molecule has 0 spiro atoms. The number of thioether (sulfide) groups is 1. The van der Waals surface area contributed by atoms with Gasteiger partial charge in [0, 0.05) is 22.6 Å². The van der Waals surface area contributed by atoms with E-state index in [1.807, 2.05) is 11.8 Å². The molecule has 0 aromatic heterocycles. The fourth-order valence-electron chi connectivity index (χ4n) is 3.70. The van der Waals surface area contributed by atoms with Crippen LogP contribution in [0.1, 0.15) is 37.7 Å². The predicted octanol–water partition coefficient (Wildman–Crippen LogP) is 5.03. The molecule has 0 atom stereocenters. The summed E-state index contributed by atoms with van der Waals surface area (Å²) in [6.07, 6.45) is 6.39. The van der Waals surface area contributed by atoms with E-state index in [0.29, 0.717) is 22.5 Å². The van der Waals surface area contributed by atoms with Crippen LogP contribution in [0.4, 0.5) is 5.69 Å². The standard InChI is InChI=1S/C23H29ClN2O3S2/c1-18-12-13-19(24)16-22(18)26(31(28,29)21-10-6-3-7-11-21)17-23(27)25-14-15-30-20-8-4-2-5-9-20/h3,6-7,10-13,16,20H,2,4-5,8-9,14-15,17H2,1H3,(H,25,27). The molecule has 1 amide bonds. The first-order valence-electron chi connectivity index (χ1n) is 10.6. The van der Waals surface area contributed by atoms with Crippen molar-refractivity contribution in [3.63, 3.8) is 0 Å². The molecule has 5 nitrogen and oxygen atoms in total. The third-order valence-corrected chi connectivity index (χ3v) is 8.78. The minimum Gasteiger partial charge on any atom is -0.354 e. The van der Waals surface area contributed by atoms with Crippen molar-refractivity contribution in [2.24, 2.45) is 0 Å². The van der Waals surface area contributed by atoms with E-state index in [4.69, 9.17) is 11.6 Å². The molecule has 2 aromatic carbocycles. The van der Waals surface area contributed by atoms with Crippen LogP contribution in [0, 0.1) is 6.92 Å². The number of sulfonamides is 1. The molecule has 2 aromatic rings. The van der Waals surface area contributed by atoms with Crippen LogP contribution >= 0.6 is 23.4 Å². The normalized spacial score (nSPS) is 14.9. The number of rotatable bonds is 9. The van der Waals surface area contributed by atoms with Crippen molar-refractivity contribution in [3.05, 3.63) is 59.1 Å². The Morgan fingerprint density at radius 3 is 2.55 bits per heavy atom. The van der Waals surface area contributed by atoms with Crippen LogP contribution < -0.4 is 9.62 Å². The van der Waals surface area contributed by atoms with Crippen molar-refractivity contribution in [2.45, 2.75) is 49.2 Å². The number of hydrogen-bond donors (Lipinski definition) is 1. The molecule has 3 rings (SSSR count). The lowest BCUT2D eigenvalue weighted by atomic mass is 10.0. The summed E-state index contributed by atoms with van der Waals surface area (Å²) in [6, 6.07) is 13.2. The van der Waals surface area contributed by atoms with Gasteiger partial charge < -0.3 is 5.32 Å². The maximum absolute atomic E-state index is 13.4. The lowest BCUT2D eigenvalue weighted by molar-refractivity contribution is -0.119. The van der Waals surface area contributed by atoms with Gasteiger partial charge in [-0.15, -0.1) is 0 Å². The van der Waals surface area contributed by atoms with Gasteiger partial charge in [-0.3, -0.25) is 9.10 Å². The van der Waals surface area contributed by atoms with Crippen molar-refractivity contribution in [3.8, 4) is 0 Å². The van der Waals surface area contributed by atoms with Gasteiger partial charge in [0.05, 0.1) is 10.6 Å². The van der Waals surface area contributed by atoms with E-state index >= 15 is 0 Å². The Kier molecular flexibility index (Phi) is 8.69. The topological polar surface area (TPSA) is 66.5 Å². The number of nitrogens with zero attached hydrogens (tertiary/aromatic N) is 1. The van der Waals surface area contributed by atoms with Gasteiger partial charge in [0.2, 0.25) is 5.91 Å². The van der Waals surface area contributed by atoms with Gasteiger partial charge in [-0.1, -0.05) is 55.1 Å². The molecule has 1 saturated carbocycles. The summed E-state index contributed by atoms with van der Waals surface area (Å²) in [5.74, 6) is 0.501. The third kappa shape index (κ3) is 6.64. The minimum absolute atomic E-state index is 0.134. The van der Waals surface area contributed by atoms with Crippen molar-refractivity contribution in [2.75, 3.05) is 23.1 Å². The molecule has 0 bridgehead atoms. The zero-order valence-electron chi connectivity index (χ0n) is 17.7. The number of hydrogen-bond acceptors (Lipinski definition) is 4. The third-order valence-electron chi connectivity index (χ3n) is 5.39. The molecule has 1 N–H and O–H groups in total. The van der Waals surface area contributed by atoms with Crippen molar-refractivity contribution in [1.82, 2.24) is 5.32 Å². The highest BCUT2D eigenvalue weighted by Crippen LogP contribution is 2.30. The molecule has 1 aliphatic carbocycles. The molecular formula is C23H29ClN2O3S2. The van der Waals surface area contributed by atoms with Gasteiger partial charge in [-0.2, -0.15) is 11.8 Å². The summed E-state index contributed by atoms with van der Waals surface area (Å²) in [5.41, 5.74) is 1.13.